The number of morpholine rings is 1. The van der Waals surface area contributed by atoms with Crippen molar-refractivity contribution in [2.75, 3.05) is 52.5 Å². The highest BCUT2D eigenvalue weighted by atomic mass is 16.5. The molecule has 1 aromatic heterocycles. The number of aryl methyl sites for hydroxylation is 1. The van der Waals surface area contributed by atoms with Crippen LogP contribution in [0, 0.1) is 0 Å². The minimum absolute atomic E-state index is 0.825. The molecule has 6 heteroatoms. The Morgan fingerprint density at radius 2 is 1.93 bits per heavy atom. The van der Waals surface area contributed by atoms with Gasteiger partial charge in [0.2, 0.25) is 0 Å². The Balaban J connectivity index is 1.37. The number of rotatable bonds is 9. The summed E-state index contributed by atoms with van der Waals surface area (Å²) in [6, 6.07) is 10.7. The first-order valence-electron chi connectivity index (χ1n) is 10.2. The number of aliphatic imine (C=N–C) groups is 1. The summed E-state index contributed by atoms with van der Waals surface area (Å²) >= 11 is 0. The first kappa shape index (κ1) is 19.7. The Bertz CT molecular complexity index is 705. The van der Waals surface area contributed by atoms with E-state index in [-0.39, 0.29) is 0 Å². The van der Waals surface area contributed by atoms with Crippen molar-refractivity contribution in [3.63, 3.8) is 0 Å². The van der Waals surface area contributed by atoms with E-state index in [1.807, 2.05) is 0 Å². The summed E-state index contributed by atoms with van der Waals surface area (Å²) in [5.74, 6) is 0.928. The van der Waals surface area contributed by atoms with Crippen molar-refractivity contribution >= 4 is 16.9 Å². The molecule has 1 aliphatic rings. The van der Waals surface area contributed by atoms with Crippen LogP contribution in [0.3, 0.4) is 0 Å². The molecule has 1 saturated heterocycles. The van der Waals surface area contributed by atoms with E-state index >= 15 is 0 Å². The van der Waals surface area contributed by atoms with E-state index in [0.717, 1.165) is 77.8 Å². The molecular formula is C21H33N5O. The lowest BCUT2D eigenvalue weighted by Gasteiger charge is -2.26. The van der Waals surface area contributed by atoms with Crippen molar-refractivity contribution in [3.05, 3.63) is 36.5 Å². The fraction of sp³-hybridized carbons (Fsp3) is 0.571. The molecule has 1 fully saturated rings. The van der Waals surface area contributed by atoms with Crippen LogP contribution in [0.15, 0.2) is 41.5 Å². The highest BCUT2D eigenvalue weighted by molar-refractivity contribution is 5.80. The highest BCUT2D eigenvalue weighted by Gasteiger charge is 2.09. The Labute approximate surface area is 162 Å². The highest BCUT2D eigenvalue weighted by Crippen LogP contribution is 2.15. The van der Waals surface area contributed by atoms with Crippen LogP contribution in [-0.4, -0.2) is 67.9 Å². The molecule has 2 aromatic rings. The average Bonchev–Trinajstić information content (AvgIpc) is 3.12. The van der Waals surface area contributed by atoms with Gasteiger partial charge >= 0.3 is 0 Å². The molecule has 2 heterocycles. The lowest BCUT2D eigenvalue weighted by atomic mass is 10.2. The molecule has 6 nitrogen and oxygen atoms in total. The van der Waals surface area contributed by atoms with Crippen LogP contribution < -0.4 is 10.6 Å². The number of benzene rings is 1. The number of para-hydroxylation sites is 1. The normalized spacial score (nSPS) is 16.0. The Morgan fingerprint density at radius 1 is 1.07 bits per heavy atom. The Hall–Kier alpha value is -2.05. The van der Waals surface area contributed by atoms with Crippen molar-refractivity contribution in [3.8, 4) is 0 Å². The number of aromatic nitrogens is 1. The molecule has 148 valence electrons. The predicted molar refractivity (Wildman–Crippen MR) is 112 cm³/mol. The lowest BCUT2D eigenvalue weighted by molar-refractivity contribution is 0.0376. The molecule has 0 saturated carbocycles. The van der Waals surface area contributed by atoms with Gasteiger partial charge in [0.05, 0.1) is 13.2 Å². The van der Waals surface area contributed by atoms with Crippen molar-refractivity contribution < 1.29 is 4.74 Å². The fourth-order valence-electron chi connectivity index (χ4n) is 3.44. The Kier molecular flexibility index (Phi) is 7.99. The predicted octanol–water partition coefficient (Wildman–Crippen LogP) is 2.31. The van der Waals surface area contributed by atoms with Gasteiger partial charge in [0, 0.05) is 51.0 Å². The summed E-state index contributed by atoms with van der Waals surface area (Å²) in [7, 11) is 0. The van der Waals surface area contributed by atoms with Gasteiger partial charge in [-0.25, -0.2) is 0 Å². The molecule has 0 spiro atoms. The maximum absolute atomic E-state index is 5.39. The van der Waals surface area contributed by atoms with Gasteiger partial charge in [0.15, 0.2) is 5.96 Å². The third kappa shape index (κ3) is 6.26. The van der Waals surface area contributed by atoms with Gasteiger partial charge in [-0.2, -0.15) is 0 Å². The number of guanidine groups is 1. The molecule has 3 rings (SSSR count). The van der Waals surface area contributed by atoms with E-state index in [0.29, 0.717) is 0 Å². The summed E-state index contributed by atoms with van der Waals surface area (Å²) in [4.78, 5) is 7.19. The van der Waals surface area contributed by atoms with Crippen LogP contribution >= 0.6 is 0 Å². The van der Waals surface area contributed by atoms with Gasteiger partial charge < -0.3 is 19.9 Å². The molecule has 27 heavy (non-hydrogen) atoms. The van der Waals surface area contributed by atoms with E-state index in [4.69, 9.17) is 9.73 Å². The summed E-state index contributed by atoms with van der Waals surface area (Å²) in [6.45, 7) is 10.7. The van der Waals surface area contributed by atoms with Gasteiger partial charge in [-0.1, -0.05) is 18.2 Å². The maximum Gasteiger partial charge on any atom is 0.191 e. The minimum Gasteiger partial charge on any atom is -0.379 e. The van der Waals surface area contributed by atoms with Gasteiger partial charge in [-0.05, 0) is 43.8 Å². The zero-order valence-electron chi connectivity index (χ0n) is 16.5. The van der Waals surface area contributed by atoms with Crippen LogP contribution in [0.5, 0.6) is 0 Å². The molecule has 0 atom stereocenters. The number of fused-ring (bicyclic) bond motifs is 1. The number of hydrogen-bond acceptors (Lipinski definition) is 3. The van der Waals surface area contributed by atoms with Crippen molar-refractivity contribution in [1.82, 2.24) is 20.1 Å². The summed E-state index contributed by atoms with van der Waals surface area (Å²) in [5.41, 5.74) is 1.30. The summed E-state index contributed by atoms with van der Waals surface area (Å²) in [6.07, 6.45) is 4.33. The summed E-state index contributed by atoms with van der Waals surface area (Å²) in [5, 5.41) is 8.10. The first-order valence-corrected chi connectivity index (χ1v) is 10.2. The van der Waals surface area contributed by atoms with Crippen LogP contribution in [0.2, 0.25) is 0 Å². The molecule has 0 unspecified atom stereocenters. The second-order valence-corrected chi connectivity index (χ2v) is 6.92. The second kappa shape index (κ2) is 10.9. The third-order valence-corrected chi connectivity index (χ3v) is 4.90. The van der Waals surface area contributed by atoms with Gasteiger partial charge in [-0.15, -0.1) is 0 Å². The standard InChI is InChI=1S/C21H33N5O/c1-2-22-21(23-10-5-12-25-15-17-27-18-16-25)24-11-6-13-26-14-9-19-7-3-4-8-20(19)26/h3-4,7-9,14H,2,5-6,10-13,15-18H2,1H3,(H2,22,23,24). The number of nitrogens with zero attached hydrogens (tertiary/aromatic N) is 3. The third-order valence-electron chi connectivity index (χ3n) is 4.90. The van der Waals surface area contributed by atoms with E-state index in [9.17, 15) is 0 Å². The van der Waals surface area contributed by atoms with Crippen molar-refractivity contribution in [2.24, 2.45) is 4.99 Å². The molecule has 0 radical (unpaired) electrons. The molecule has 0 aliphatic carbocycles. The zero-order chi connectivity index (χ0) is 18.7. The van der Waals surface area contributed by atoms with Crippen LogP contribution in [0.1, 0.15) is 19.8 Å². The zero-order valence-corrected chi connectivity index (χ0v) is 16.5. The molecule has 1 aliphatic heterocycles. The number of hydrogen-bond donors (Lipinski definition) is 2. The topological polar surface area (TPSA) is 53.8 Å². The van der Waals surface area contributed by atoms with Crippen molar-refractivity contribution in [1.29, 1.82) is 0 Å². The van der Waals surface area contributed by atoms with Gasteiger partial charge in [0.25, 0.3) is 0 Å². The number of ether oxygens (including phenoxy) is 1. The largest absolute Gasteiger partial charge is 0.379 e. The van der Waals surface area contributed by atoms with Crippen LogP contribution in [0.25, 0.3) is 10.9 Å². The van der Waals surface area contributed by atoms with Crippen LogP contribution in [-0.2, 0) is 11.3 Å². The molecule has 1 aromatic carbocycles. The maximum atomic E-state index is 5.39. The fourth-order valence-corrected chi connectivity index (χ4v) is 3.44. The average molecular weight is 372 g/mol. The first-order chi connectivity index (χ1) is 13.4. The molecule has 2 N–H and O–H groups in total. The second-order valence-electron chi connectivity index (χ2n) is 6.92. The minimum atomic E-state index is 0.825. The van der Waals surface area contributed by atoms with E-state index in [2.05, 4.69) is 63.6 Å². The molecular weight excluding hydrogens is 338 g/mol. The quantitative estimate of drug-likeness (QED) is 0.403. The van der Waals surface area contributed by atoms with E-state index in [1.54, 1.807) is 0 Å². The molecule has 0 amide bonds. The Morgan fingerprint density at radius 3 is 2.78 bits per heavy atom. The van der Waals surface area contributed by atoms with Gasteiger partial charge in [-0.3, -0.25) is 9.89 Å². The number of nitrogens with one attached hydrogen (secondary N) is 2. The SMILES string of the molecule is CCNC(=NCCCn1ccc2ccccc21)NCCCN1CCOCC1. The van der Waals surface area contributed by atoms with E-state index < -0.39 is 0 Å². The van der Waals surface area contributed by atoms with E-state index in [1.165, 1.54) is 10.9 Å². The monoisotopic (exact) mass is 371 g/mol. The van der Waals surface area contributed by atoms with Crippen molar-refractivity contribution in [2.45, 2.75) is 26.3 Å². The van der Waals surface area contributed by atoms with Gasteiger partial charge in [0.1, 0.15) is 0 Å². The molecule has 0 bridgehead atoms. The smallest absolute Gasteiger partial charge is 0.191 e. The van der Waals surface area contributed by atoms with Crippen LogP contribution in [0.4, 0.5) is 0 Å². The summed E-state index contributed by atoms with van der Waals surface area (Å²) < 4.78 is 7.71. The lowest BCUT2D eigenvalue weighted by Crippen LogP contribution is -2.40.